The zero-order valence-electron chi connectivity index (χ0n) is 10.8. The van der Waals surface area contributed by atoms with Gasteiger partial charge in [0.2, 0.25) is 5.95 Å². The van der Waals surface area contributed by atoms with Crippen molar-refractivity contribution in [3.05, 3.63) is 54.6 Å². The number of rotatable bonds is 5. The predicted octanol–water partition coefficient (Wildman–Crippen LogP) is 2.79. The van der Waals surface area contributed by atoms with Crippen molar-refractivity contribution >= 4 is 5.95 Å². The molecule has 0 aliphatic rings. The van der Waals surface area contributed by atoms with Crippen LogP contribution in [0.1, 0.15) is 24.2 Å². The largest absolute Gasteiger partial charge is 0.352 e. The van der Waals surface area contributed by atoms with E-state index in [0.717, 1.165) is 11.6 Å². The summed E-state index contributed by atoms with van der Waals surface area (Å²) in [4.78, 5) is 8.53. The Bertz CT molecular complexity index is 516. The molecule has 0 saturated carbocycles. The third-order valence-corrected chi connectivity index (χ3v) is 2.86. The molecule has 2 heterocycles. The summed E-state index contributed by atoms with van der Waals surface area (Å²) in [6.45, 7) is 8.56. The van der Waals surface area contributed by atoms with Gasteiger partial charge in [0.1, 0.15) is 0 Å². The molecule has 0 aromatic carbocycles. The van der Waals surface area contributed by atoms with Crippen LogP contribution in [0, 0.1) is 6.92 Å². The van der Waals surface area contributed by atoms with Gasteiger partial charge in [-0.25, -0.2) is 4.98 Å². The quantitative estimate of drug-likeness (QED) is 0.820. The van der Waals surface area contributed by atoms with E-state index in [1.54, 1.807) is 0 Å². The molecule has 0 aliphatic carbocycles. The first-order valence-corrected chi connectivity index (χ1v) is 6.02. The fraction of sp³-hybridized carbons (Fsp3) is 0.286. The van der Waals surface area contributed by atoms with Gasteiger partial charge < -0.3 is 9.88 Å². The summed E-state index contributed by atoms with van der Waals surface area (Å²) in [7, 11) is 0. The monoisotopic (exact) mass is 242 g/mol. The second-order valence-electron chi connectivity index (χ2n) is 4.24. The molecule has 0 saturated heterocycles. The Morgan fingerprint density at radius 1 is 1.44 bits per heavy atom. The highest BCUT2D eigenvalue weighted by atomic mass is 15.2. The summed E-state index contributed by atoms with van der Waals surface area (Å²) in [5.74, 6) is 0.872. The zero-order chi connectivity index (χ0) is 13.0. The summed E-state index contributed by atoms with van der Waals surface area (Å²) in [5, 5.41) is 3.25. The lowest BCUT2D eigenvalue weighted by Gasteiger charge is -2.16. The minimum absolute atomic E-state index is 0.224. The van der Waals surface area contributed by atoms with Crippen molar-refractivity contribution in [1.82, 2.24) is 14.5 Å². The first-order valence-electron chi connectivity index (χ1n) is 6.02. The number of anilines is 1. The summed E-state index contributed by atoms with van der Waals surface area (Å²) < 4.78 is 2.13. The van der Waals surface area contributed by atoms with E-state index in [1.165, 1.54) is 5.56 Å². The van der Waals surface area contributed by atoms with Gasteiger partial charge >= 0.3 is 0 Å². The molecule has 94 valence electrons. The van der Waals surface area contributed by atoms with Crippen LogP contribution < -0.4 is 5.32 Å². The van der Waals surface area contributed by atoms with Gasteiger partial charge in [0, 0.05) is 25.1 Å². The van der Waals surface area contributed by atoms with E-state index in [-0.39, 0.29) is 6.04 Å². The van der Waals surface area contributed by atoms with Crippen molar-refractivity contribution in [1.29, 1.82) is 0 Å². The lowest BCUT2D eigenvalue weighted by molar-refractivity contribution is 0.643. The average Bonchev–Trinajstić information content (AvgIpc) is 2.77. The minimum Gasteiger partial charge on any atom is -0.352 e. The van der Waals surface area contributed by atoms with Crippen LogP contribution in [0.15, 0.2) is 43.4 Å². The number of aryl methyl sites for hydroxylation is 1. The normalized spacial score (nSPS) is 12.1. The van der Waals surface area contributed by atoms with Crippen LogP contribution in [0.2, 0.25) is 0 Å². The van der Waals surface area contributed by atoms with Crippen molar-refractivity contribution < 1.29 is 0 Å². The fourth-order valence-corrected chi connectivity index (χ4v) is 1.91. The van der Waals surface area contributed by atoms with Crippen molar-refractivity contribution in [2.24, 2.45) is 0 Å². The maximum atomic E-state index is 4.48. The molecule has 4 heteroatoms. The van der Waals surface area contributed by atoms with Gasteiger partial charge in [-0.1, -0.05) is 6.08 Å². The smallest absolute Gasteiger partial charge is 0.203 e. The molecule has 4 nitrogen and oxygen atoms in total. The molecule has 0 bridgehead atoms. The lowest BCUT2D eigenvalue weighted by atomic mass is 10.1. The highest BCUT2D eigenvalue weighted by Crippen LogP contribution is 2.22. The number of pyridine rings is 1. The summed E-state index contributed by atoms with van der Waals surface area (Å²) >= 11 is 0. The number of hydrogen-bond donors (Lipinski definition) is 1. The SMILES string of the molecule is C=CCNc1nc(C)cn1C(C)c1ccncc1. The van der Waals surface area contributed by atoms with Crippen LogP contribution in [0.3, 0.4) is 0 Å². The number of imidazole rings is 1. The molecule has 1 unspecified atom stereocenters. The van der Waals surface area contributed by atoms with E-state index in [9.17, 15) is 0 Å². The second kappa shape index (κ2) is 5.49. The molecule has 0 spiro atoms. The van der Waals surface area contributed by atoms with Gasteiger partial charge in [0.05, 0.1) is 11.7 Å². The molecule has 2 aromatic heterocycles. The van der Waals surface area contributed by atoms with E-state index < -0.39 is 0 Å². The molecule has 2 aromatic rings. The average molecular weight is 242 g/mol. The minimum atomic E-state index is 0.224. The second-order valence-corrected chi connectivity index (χ2v) is 4.24. The van der Waals surface area contributed by atoms with E-state index in [0.29, 0.717) is 6.54 Å². The van der Waals surface area contributed by atoms with Crippen molar-refractivity contribution in [2.45, 2.75) is 19.9 Å². The van der Waals surface area contributed by atoms with Crippen molar-refractivity contribution in [3.63, 3.8) is 0 Å². The van der Waals surface area contributed by atoms with Gasteiger partial charge in [0.25, 0.3) is 0 Å². The third-order valence-electron chi connectivity index (χ3n) is 2.86. The van der Waals surface area contributed by atoms with Crippen LogP contribution in [-0.2, 0) is 0 Å². The maximum absolute atomic E-state index is 4.48. The van der Waals surface area contributed by atoms with Gasteiger partial charge in [-0.15, -0.1) is 6.58 Å². The summed E-state index contributed by atoms with van der Waals surface area (Å²) in [6, 6.07) is 4.27. The van der Waals surface area contributed by atoms with Gasteiger partial charge in [-0.05, 0) is 31.5 Å². The Balaban J connectivity index is 2.29. The van der Waals surface area contributed by atoms with E-state index in [1.807, 2.05) is 37.5 Å². The van der Waals surface area contributed by atoms with E-state index in [4.69, 9.17) is 0 Å². The molecule has 0 radical (unpaired) electrons. The van der Waals surface area contributed by atoms with Gasteiger partial charge in [0.15, 0.2) is 0 Å². The Morgan fingerprint density at radius 2 is 2.17 bits per heavy atom. The number of hydrogen-bond acceptors (Lipinski definition) is 3. The van der Waals surface area contributed by atoms with Gasteiger partial charge in [-0.3, -0.25) is 4.98 Å². The molecular weight excluding hydrogens is 224 g/mol. The van der Waals surface area contributed by atoms with E-state index in [2.05, 4.69) is 39.6 Å². The lowest BCUT2D eigenvalue weighted by Crippen LogP contribution is -2.11. The molecule has 2 rings (SSSR count). The molecule has 0 fully saturated rings. The van der Waals surface area contributed by atoms with Gasteiger partial charge in [-0.2, -0.15) is 0 Å². The first kappa shape index (κ1) is 12.4. The predicted molar refractivity (Wildman–Crippen MR) is 73.7 cm³/mol. The topological polar surface area (TPSA) is 42.7 Å². The van der Waals surface area contributed by atoms with Crippen molar-refractivity contribution in [3.8, 4) is 0 Å². The number of aromatic nitrogens is 3. The van der Waals surface area contributed by atoms with Crippen LogP contribution in [0.5, 0.6) is 0 Å². The Morgan fingerprint density at radius 3 is 2.83 bits per heavy atom. The zero-order valence-corrected chi connectivity index (χ0v) is 10.8. The number of nitrogens with one attached hydrogen (secondary N) is 1. The van der Waals surface area contributed by atoms with Crippen LogP contribution in [0.4, 0.5) is 5.95 Å². The van der Waals surface area contributed by atoms with Crippen LogP contribution in [-0.4, -0.2) is 21.1 Å². The Hall–Kier alpha value is -2.10. The molecular formula is C14H18N4. The molecule has 1 N–H and O–H groups in total. The Labute approximate surface area is 107 Å². The number of nitrogens with zero attached hydrogens (tertiary/aromatic N) is 3. The molecule has 1 atom stereocenters. The van der Waals surface area contributed by atoms with Crippen molar-refractivity contribution in [2.75, 3.05) is 11.9 Å². The van der Waals surface area contributed by atoms with Crippen LogP contribution >= 0.6 is 0 Å². The standard InChI is InChI=1S/C14H18N4/c1-4-7-16-14-17-11(2)10-18(14)12(3)13-5-8-15-9-6-13/h4-6,8-10,12H,1,7H2,2-3H3,(H,16,17). The maximum Gasteiger partial charge on any atom is 0.203 e. The fourth-order valence-electron chi connectivity index (χ4n) is 1.91. The highest BCUT2D eigenvalue weighted by Gasteiger charge is 2.12. The molecule has 0 amide bonds. The first-order chi connectivity index (χ1) is 8.72. The summed E-state index contributed by atoms with van der Waals surface area (Å²) in [6.07, 6.45) is 7.50. The van der Waals surface area contributed by atoms with E-state index >= 15 is 0 Å². The molecule has 0 aliphatic heterocycles. The Kier molecular flexibility index (Phi) is 3.77. The summed E-state index contributed by atoms with van der Waals surface area (Å²) in [5.41, 5.74) is 2.21. The van der Waals surface area contributed by atoms with Crippen LogP contribution in [0.25, 0.3) is 0 Å². The molecule has 18 heavy (non-hydrogen) atoms. The highest BCUT2D eigenvalue weighted by molar-refractivity contribution is 5.32. The third kappa shape index (κ3) is 2.59.